The number of hydrogen-bond donors (Lipinski definition) is 0. The van der Waals surface area contributed by atoms with Gasteiger partial charge in [0.05, 0.1) is 19.3 Å². The largest absolute Gasteiger partial charge is 0.375 e. The van der Waals surface area contributed by atoms with Crippen LogP contribution in [-0.2, 0) is 9.47 Å². The second-order valence-electron chi connectivity index (χ2n) is 3.37. The number of epoxide rings is 1. The predicted molar refractivity (Wildman–Crippen MR) is 48.7 cm³/mol. The molecule has 1 aliphatic heterocycles. The first kappa shape index (κ1) is 10.0. The van der Waals surface area contributed by atoms with Crippen LogP contribution in [0.1, 0.15) is 33.1 Å². The van der Waals surface area contributed by atoms with Crippen molar-refractivity contribution in [3.05, 3.63) is 6.61 Å². The quantitative estimate of drug-likeness (QED) is 0.433. The molecule has 1 fully saturated rings. The summed E-state index contributed by atoms with van der Waals surface area (Å²) in [5.74, 6) is 0.681. The molecule has 0 amide bonds. The van der Waals surface area contributed by atoms with Crippen molar-refractivity contribution in [3.63, 3.8) is 0 Å². The lowest BCUT2D eigenvalue weighted by molar-refractivity contribution is 0.138. The Balaban J connectivity index is 1.98. The first-order valence-electron chi connectivity index (χ1n) is 4.91. The van der Waals surface area contributed by atoms with Crippen molar-refractivity contribution in [1.29, 1.82) is 0 Å². The molecular weight excluding hydrogens is 152 g/mol. The summed E-state index contributed by atoms with van der Waals surface area (Å²) >= 11 is 0. The second-order valence-corrected chi connectivity index (χ2v) is 3.37. The van der Waals surface area contributed by atoms with Gasteiger partial charge in [-0.1, -0.05) is 20.3 Å². The molecule has 0 aromatic heterocycles. The van der Waals surface area contributed by atoms with E-state index in [1.54, 1.807) is 0 Å². The van der Waals surface area contributed by atoms with Crippen molar-refractivity contribution < 1.29 is 9.47 Å². The highest BCUT2D eigenvalue weighted by atomic mass is 16.6. The minimum Gasteiger partial charge on any atom is -0.375 e. The Kier molecular flexibility index (Phi) is 4.62. The summed E-state index contributed by atoms with van der Waals surface area (Å²) in [6.07, 6.45) is 3.90. The molecule has 0 bridgehead atoms. The van der Waals surface area contributed by atoms with Gasteiger partial charge in [-0.2, -0.15) is 0 Å². The third kappa shape index (κ3) is 4.07. The molecule has 0 aromatic rings. The molecule has 2 heteroatoms. The molecule has 1 rings (SSSR count). The van der Waals surface area contributed by atoms with E-state index in [4.69, 9.17) is 9.47 Å². The molecule has 2 nitrogen and oxygen atoms in total. The van der Waals surface area contributed by atoms with Gasteiger partial charge in [-0.25, -0.2) is 0 Å². The monoisotopic (exact) mass is 171 g/mol. The standard InChI is InChI=1S/C10H19O2/c1-3-5-11-7-9(4-2)6-10-8-12-10/h5,9-10H,3-4,6-8H2,1-2H3. The molecule has 0 aliphatic carbocycles. The third-order valence-electron chi connectivity index (χ3n) is 2.19. The van der Waals surface area contributed by atoms with Gasteiger partial charge in [-0.3, -0.25) is 0 Å². The Labute approximate surface area is 75.2 Å². The molecule has 2 unspecified atom stereocenters. The van der Waals surface area contributed by atoms with Gasteiger partial charge in [-0.05, 0) is 18.8 Å². The Bertz CT molecular complexity index is 110. The maximum absolute atomic E-state index is 5.38. The molecule has 1 aliphatic rings. The van der Waals surface area contributed by atoms with Gasteiger partial charge in [-0.15, -0.1) is 0 Å². The van der Waals surface area contributed by atoms with Gasteiger partial charge in [0.2, 0.25) is 0 Å². The zero-order chi connectivity index (χ0) is 8.81. The van der Waals surface area contributed by atoms with Crippen LogP contribution in [-0.4, -0.2) is 19.3 Å². The summed E-state index contributed by atoms with van der Waals surface area (Å²) < 4.78 is 10.6. The number of hydrogen-bond acceptors (Lipinski definition) is 2. The molecule has 1 saturated heterocycles. The third-order valence-corrected chi connectivity index (χ3v) is 2.19. The van der Waals surface area contributed by atoms with Crippen LogP contribution in [0, 0.1) is 12.5 Å². The lowest BCUT2D eigenvalue weighted by Gasteiger charge is -2.12. The van der Waals surface area contributed by atoms with E-state index in [0.29, 0.717) is 12.0 Å². The van der Waals surface area contributed by atoms with Crippen LogP contribution in [0.3, 0.4) is 0 Å². The molecule has 2 atom stereocenters. The molecule has 0 spiro atoms. The van der Waals surface area contributed by atoms with Crippen molar-refractivity contribution in [3.8, 4) is 0 Å². The van der Waals surface area contributed by atoms with E-state index < -0.39 is 0 Å². The fourth-order valence-electron chi connectivity index (χ4n) is 1.25. The number of rotatable bonds is 7. The summed E-state index contributed by atoms with van der Waals surface area (Å²) in [6.45, 7) is 8.02. The Morgan fingerprint density at radius 2 is 2.33 bits per heavy atom. The minimum absolute atomic E-state index is 0.542. The lowest BCUT2D eigenvalue weighted by Crippen LogP contribution is -2.10. The normalized spacial score (nSPS) is 24.0. The van der Waals surface area contributed by atoms with Gasteiger partial charge in [0, 0.05) is 6.61 Å². The highest BCUT2D eigenvalue weighted by Gasteiger charge is 2.25. The van der Waals surface area contributed by atoms with Crippen LogP contribution < -0.4 is 0 Å². The van der Waals surface area contributed by atoms with E-state index in [1.807, 2.05) is 6.61 Å². The molecule has 0 N–H and O–H groups in total. The van der Waals surface area contributed by atoms with Gasteiger partial charge in [0.1, 0.15) is 0 Å². The average Bonchev–Trinajstić information content (AvgIpc) is 2.87. The Morgan fingerprint density at radius 1 is 1.58 bits per heavy atom. The Morgan fingerprint density at radius 3 is 2.83 bits per heavy atom. The minimum atomic E-state index is 0.542. The smallest absolute Gasteiger partial charge is 0.0834 e. The summed E-state index contributed by atoms with van der Waals surface area (Å²) in [7, 11) is 0. The second kappa shape index (κ2) is 5.55. The lowest BCUT2D eigenvalue weighted by atomic mass is 10.0. The maximum Gasteiger partial charge on any atom is 0.0834 e. The summed E-state index contributed by atoms with van der Waals surface area (Å²) in [6, 6.07) is 0. The molecule has 1 radical (unpaired) electrons. The Hall–Kier alpha value is -0.0800. The molecule has 0 saturated carbocycles. The van der Waals surface area contributed by atoms with E-state index in [9.17, 15) is 0 Å². The van der Waals surface area contributed by atoms with Crippen LogP contribution in [0.15, 0.2) is 0 Å². The number of ether oxygens (including phenoxy) is 2. The summed E-state index contributed by atoms with van der Waals surface area (Å²) in [5, 5.41) is 0. The highest BCUT2D eigenvalue weighted by Crippen LogP contribution is 2.21. The first-order chi connectivity index (χ1) is 5.86. The fraction of sp³-hybridized carbons (Fsp3) is 0.900. The van der Waals surface area contributed by atoms with E-state index in [-0.39, 0.29) is 0 Å². The van der Waals surface area contributed by atoms with Crippen molar-refractivity contribution in [2.45, 2.75) is 39.2 Å². The van der Waals surface area contributed by atoms with Crippen LogP contribution in [0.25, 0.3) is 0 Å². The van der Waals surface area contributed by atoms with Gasteiger partial charge >= 0.3 is 0 Å². The highest BCUT2D eigenvalue weighted by molar-refractivity contribution is 4.73. The zero-order valence-electron chi connectivity index (χ0n) is 8.08. The molecule has 71 valence electrons. The van der Waals surface area contributed by atoms with Gasteiger partial charge < -0.3 is 9.47 Å². The van der Waals surface area contributed by atoms with Crippen molar-refractivity contribution in [2.24, 2.45) is 5.92 Å². The maximum atomic E-state index is 5.38. The molecule has 12 heavy (non-hydrogen) atoms. The van der Waals surface area contributed by atoms with Crippen LogP contribution in [0.2, 0.25) is 0 Å². The van der Waals surface area contributed by atoms with E-state index in [0.717, 1.165) is 19.6 Å². The summed E-state index contributed by atoms with van der Waals surface area (Å²) in [5.41, 5.74) is 0. The topological polar surface area (TPSA) is 21.8 Å². The van der Waals surface area contributed by atoms with Crippen LogP contribution in [0.4, 0.5) is 0 Å². The molecular formula is C10H19O2. The molecule has 1 heterocycles. The fourth-order valence-corrected chi connectivity index (χ4v) is 1.25. The molecule has 0 aromatic carbocycles. The first-order valence-corrected chi connectivity index (χ1v) is 4.91. The summed E-state index contributed by atoms with van der Waals surface area (Å²) in [4.78, 5) is 0. The van der Waals surface area contributed by atoms with E-state index >= 15 is 0 Å². The van der Waals surface area contributed by atoms with E-state index in [2.05, 4.69) is 13.8 Å². The van der Waals surface area contributed by atoms with Crippen LogP contribution in [0.5, 0.6) is 0 Å². The average molecular weight is 171 g/mol. The van der Waals surface area contributed by atoms with Crippen molar-refractivity contribution >= 4 is 0 Å². The van der Waals surface area contributed by atoms with Gasteiger partial charge in [0.25, 0.3) is 0 Å². The van der Waals surface area contributed by atoms with Crippen molar-refractivity contribution in [2.75, 3.05) is 13.2 Å². The van der Waals surface area contributed by atoms with E-state index in [1.165, 1.54) is 12.8 Å². The predicted octanol–water partition coefficient (Wildman–Crippen LogP) is 2.39. The van der Waals surface area contributed by atoms with Crippen molar-refractivity contribution in [1.82, 2.24) is 0 Å². The SMILES string of the molecule is CC[CH]OCC(CC)CC1CO1. The zero-order valence-corrected chi connectivity index (χ0v) is 8.08. The van der Waals surface area contributed by atoms with Crippen LogP contribution >= 0.6 is 0 Å². The van der Waals surface area contributed by atoms with Gasteiger partial charge in [0.15, 0.2) is 0 Å².